The van der Waals surface area contributed by atoms with Crippen LogP contribution in [0.25, 0.3) is 10.9 Å². The van der Waals surface area contributed by atoms with Gasteiger partial charge < -0.3 is 15.2 Å². The number of nitrogens with one attached hydrogen (secondary N) is 2. The number of hydrogen-bond donors (Lipinski definition) is 2. The molecule has 3 rings (SSSR count). The van der Waals surface area contributed by atoms with Crippen molar-refractivity contribution >= 4 is 16.8 Å². The van der Waals surface area contributed by atoms with Crippen molar-refractivity contribution in [2.45, 2.75) is 13.8 Å². The van der Waals surface area contributed by atoms with Gasteiger partial charge in [0.1, 0.15) is 5.69 Å². The van der Waals surface area contributed by atoms with Gasteiger partial charge in [-0.05, 0) is 31.5 Å². The molecule has 2 heterocycles. The summed E-state index contributed by atoms with van der Waals surface area (Å²) in [5.41, 5.74) is 4.06. The number of amides is 1. The smallest absolute Gasteiger partial charge is 0.270 e. The van der Waals surface area contributed by atoms with E-state index in [0.717, 1.165) is 48.3 Å². The average Bonchev–Trinajstić information content (AvgIpc) is 2.76. The van der Waals surface area contributed by atoms with Crippen LogP contribution in [0.15, 0.2) is 18.2 Å². The van der Waals surface area contributed by atoms with Crippen LogP contribution in [0, 0.1) is 13.8 Å². The van der Waals surface area contributed by atoms with Crippen LogP contribution in [0.2, 0.25) is 0 Å². The Bertz CT molecular complexity index is 624. The zero-order valence-electron chi connectivity index (χ0n) is 11.4. The zero-order valence-corrected chi connectivity index (χ0v) is 11.4. The molecule has 1 fully saturated rings. The number of carbonyl (C=O) groups is 1. The summed E-state index contributed by atoms with van der Waals surface area (Å²) in [4.78, 5) is 17.7. The highest BCUT2D eigenvalue weighted by molar-refractivity contribution is 6.01. The molecule has 1 saturated heterocycles. The van der Waals surface area contributed by atoms with Crippen molar-refractivity contribution in [2.75, 3.05) is 26.2 Å². The van der Waals surface area contributed by atoms with E-state index in [2.05, 4.69) is 29.4 Å². The molecule has 4 heteroatoms. The van der Waals surface area contributed by atoms with E-state index in [9.17, 15) is 4.79 Å². The first kappa shape index (κ1) is 12.2. The second-order valence-corrected chi connectivity index (χ2v) is 5.22. The highest BCUT2D eigenvalue weighted by Gasteiger charge is 2.22. The number of nitrogens with zero attached hydrogens (tertiary/aromatic N) is 1. The van der Waals surface area contributed by atoms with Crippen LogP contribution in [-0.4, -0.2) is 42.0 Å². The van der Waals surface area contributed by atoms with Gasteiger partial charge in [-0.3, -0.25) is 4.79 Å². The third-order valence-corrected chi connectivity index (χ3v) is 3.83. The third kappa shape index (κ3) is 2.12. The Morgan fingerprint density at radius 2 is 1.95 bits per heavy atom. The summed E-state index contributed by atoms with van der Waals surface area (Å²) in [6, 6.07) is 6.25. The Hall–Kier alpha value is -1.81. The number of benzene rings is 1. The summed E-state index contributed by atoms with van der Waals surface area (Å²) in [6.45, 7) is 7.42. The molecule has 0 bridgehead atoms. The van der Waals surface area contributed by atoms with Gasteiger partial charge in [-0.1, -0.05) is 11.6 Å². The van der Waals surface area contributed by atoms with Crippen LogP contribution >= 0.6 is 0 Å². The fourth-order valence-corrected chi connectivity index (χ4v) is 2.68. The summed E-state index contributed by atoms with van der Waals surface area (Å²) in [7, 11) is 0. The highest BCUT2D eigenvalue weighted by Crippen LogP contribution is 2.23. The van der Waals surface area contributed by atoms with E-state index >= 15 is 0 Å². The maximum Gasteiger partial charge on any atom is 0.270 e. The van der Waals surface area contributed by atoms with Crippen LogP contribution < -0.4 is 5.32 Å². The quantitative estimate of drug-likeness (QED) is 0.819. The molecule has 0 radical (unpaired) electrons. The number of carbonyl (C=O) groups excluding carboxylic acids is 1. The SMILES string of the molecule is Cc1ccc2[nH]c(C(=O)N3CCNCC3)c(C)c2c1. The number of H-pyrrole nitrogens is 1. The maximum absolute atomic E-state index is 12.5. The van der Waals surface area contributed by atoms with Crippen LogP contribution in [0.5, 0.6) is 0 Å². The molecule has 1 aliphatic heterocycles. The molecule has 1 aromatic carbocycles. The summed E-state index contributed by atoms with van der Waals surface area (Å²) in [5, 5.41) is 4.42. The van der Waals surface area contributed by atoms with E-state index in [1.54, 1.807) is 0 Å². The Labute approximate surface area is 112 Å². The normalized spacial score (nSPS) is 16.0. The van der Waals surface area contributed by atoms with Crippen molar-refractivity contribution in [1.82, 2.24) is 15.2 Å². The molecule has 2 N–H and O–H groups in total. The lowest BCUT2D eigenvalue weighted by atomic mass is 10.1. The highest BCUT2D eigenvalue weighted by atomic mass is 16.2. The van der Waals surface area contributed by atoms with Gasteiger partial charge in [0.05, 0.1) is 0 Å². The maximum atomic E-state index is 12.5. The predicted octanol–water partition coefficient (Wildman–Crippen LogP) is 1.83. The number of fused-ring (bicyclic) bond motifs is 1. The van der Waals surface area contributed by atoms with Crippen molar-refractivity contribution < 1.29 is 4.79 Å². The Kier molecular flexibility index (Phi) is 3.03. The summed E-state index contributed by atoms with van der Waals surface area (Å²) in [5.74, 6) is 0.118. The summed E-state index contributed by atoms with van der Waals surface area (Å²) < 4.78 is 0. The Morgan fingerprint density at radius 3 is 2.68 bits per heavy atom. The van der Waals surface area contributed by atoms with Gasteiger partial charge >= 0.3 is 0 Å². The zero-order chi connectivity index (χ0) is 13.4. The number of aromatic nitrogens is 1. The Morgan fingerprint density at radius 1 is 1.21 bits per heavy atom. The first-order chi connectivity index (χ1) is 9.16. The van der Waals surface area contributed by atoms with Crippen molar-refractivity contribution in [3.63, 3.8) is 0 Å². The number of hydrogen-bond acceptors (Lipinski definition) is 2. The molecule has 1 aromatic heterocycles. The monoisotopic (exact) mass is 257 g/mol. The van der Waals surface area contributed by atoms with Crippen LogP contribution in [-0.2, 0) is 0 Å². The molecular formula is C15H19N3O. The first-order valence-electron chi connectivity index (χ1n) is 6.76. The number of piperazine rings is 1. The van der Waals surface area contributed by atoms with Crippen molar-refractivity contribution in [3.8, 4) is 0 Å². The standard InChI is InChI=1S/C15H19N3O/c1-10-3-4-13-12(9-10)11(2)14(17-13)15(19)18-7-5-16-6-8-18/h3-4,9,16-17H,5-8H2,1-2H3. The topological polar surface area (TPSA) is 48.1 Å². The minimum absolute atomic E-state index is 0.118. The fraction of sp³-hybridized carbons (Fsp3) is 0.400. The van der Waals surface area contributed by atoms with E-state index in [1.807, 2.05) is 17.9 Å². The van der Waals surface area contributed by atoms with Gasteiger partial charge in [-0.25, -0.2) is 0 Å². The van der Waals surface area contributed by atoms with Crippen molar-refractivity contribution in [2.24, 2.45) is 0 Å². The van der Waals surface area contributed by atoms with Crippen molar-refractivity contribution in [3.05, 3.63) is 35.0 Å². The fourth-order valence-electron chi connectivity index (χ4n) is 2.68. The van der Waals surface area contributed by atoms with Crippen LogP contribution in [0.1, 0.15) is 21.6 Å². The lowest BCUT2D eigenvalue weighted by Gasteiger charge is -2.27. The summed E-state index contributed by atoms with van der Waals surface area (Å²) >= 11 is 0. The molecule has 19 heavy (non-hydrogen) atoms. The molecule has 4 nitrogen and oxygen atoms in total. The van der Waals surface area contributed by atoms with Gasteiger partial charge in [0, 0.05) is 37.1 Å². The van der Waals surface area contributed by atoms with E-state index < -0.39 is 0 Å². The van der Waals surface area contributed by atoms with Gasteiger partial charge in [0.2, 0.25) is 0 Å². The number of aryl methyl sites for hydroxylation is 2. The lowest BCUT2D eigenvalue weighted by molar-refractivity contribution is 0.0730. The summed E-state index contributed by atoms with van der Waals surface area (Å²) in [6.07, 6.45) is 0. The molecule has 1 amide bonds. The molecular weight excluding hydrogens is 238 g/mol. The predicted molar refractivity (Wildman–Crippen MR) is 76.5 cm³/mol. The molecule has 0 aliphatic carbocycles. The first-order valence-corrected chi connectivity index (χ1v) is 6.76. The molecule has 0 saturated carbocycles. The minimum atomic E-state index is 0.118. The van der Waals surface area contributed by atoms with Crippen LogP contribution in [0.4, 0.5) is 0 Å². The van der Waals surface area contributed by atoms with Crippen molar-refractivity contribution in [1.29, 1.82) is 0 Å². The van der Waals surface area contributed by atoms with E-state index in [-0.39, 0.29) is 5.91 Å². The molecule has 2 aromatic rings. The lowest BCUT2D eigenvalue weighted by Crippen LogP contribution is -2.46. The Balaban J connectivity index is 2.00. The molecule has 100 valence electrons. The van der Waals surface area contributed by atoms with Gasteiger partial charge in [0.25, 0.3) is 5.91 Å². The molecule has 0 unspecified atom stereocenters. The third-order valence-electron chi connectivity index (χ3n) is 3.83. The second kappa shape index (κ2) is 4.70. The number of aromatic amines is 1. The molecule has 0 spiro atoms. The van der Waals surface area contributed by atoms with Gasteiger partial charge in [0.15, 0.2) is 0 Å². The van der Waals surface area contributed by atoms with Crippen LogP contribution in [0.3, 0.4) is 0 Å². The van der Waals surface area contributed by atoms with Gasteiger partial charge in [-0.2, -0.15) is 0 Å². The van der Waals surface area contributed by atoms with Gasteiger partial charge in [-0.15, -0.1) is 0 Å². The number of rotatable bonds is 1. The second-order valence-electron chi connectivity index (χ2n) is 5.22. The van der Waals surface area contributed by atoms with E-state index in [1.165, 1.54) is 5.56 Å². The average molecular weight is 257 g/mol. The van der Waals surface area contributed by atoms with E-state index in [0.29, 0.717) is 0 Å². The largest absolute Gasteiger partial charge is 0.350 e. The molecule has 1 aliphatic rings. The minimum Gasteiger partial charge on any atom is -0.350 e. The van der Waals surface area contributed by atoms with E-state index in [4.69, 9.17) is 0 Å². The molecule has 0 atom stereocenters.